The molecule has 2 aliphatic heterocycles. The minimum atomic E-state index is -3.60. The van der Waals surface area contributed by atoms with E-state index in [1.54, 1.807) is 12.1 Å². The first-order chi connectivity index (χ1) is 15.2. The number of hydrogen-bond acceptors (Lipinski definition) is 6. The maximum atomic E-state index is 12.9. The Balaban J connectivity index is 1.53. The zero-order valence-electron chi connectivity index (χ0n) is 18.7. The summed E-state index contributed by atoms with van der Waals surface area (Å²) in [5.74, 6) is 0.186. The predicted octanol–water partition coefficient (Wildman–Crippen LogP) is 1.42. The van der Waals surface area contributed by atoms with Gasteiger partial charge in [0, 0.05) is 32.2 Å². The van der Waals surface area contributed by atoms with Crippen molar-refractivity contribution in [2.45, 2.75) is 50.0 Å². The van der Waals surface area contributed by atoms with Gasteiger partial charge in [-0.2, -0.15) is 4.31 Å². The van der Waals surface area contributed by atoms with Crippen molar-refractivity contribution in [3.05, 3.63) is 24.3 Å². The van der Waals surface area contributed by atoms with Gasteiger partial charge in [0.25, 0.3) is 0 Å². The summed E-state index contributed by atoms with van der Waals surface area (Å²) in [6.45, 7) is 3.15. The van der Waals surface area contributed by atoms with Gasteiger partial charge in [0.15, 0.2) is 0 Å². The molecule has 0 saturated carbocycles. The largest absolute Gasteiger partial charge is 0.497 e. The van der Waals surface area contributed by atoms with Crippen LogP contribution in [0.25, 0.3) is 0 Å². The second-order valence-electron chi connectivity index (χ2n) is 8.38. The molecule has 1 N–H and O–H groups in total. The lowest BCUT2D eigenvalue weighted by Crippen LogP contribution is -2.51. The summed E-state index contributed by atoms with van der Waals surface area (Å²) in [7, 11) is -5.39. The van der Waals surface area contributed by atoms with E-state index in [1.807, 2.05) is 6.92 Å². The van der Waals surface area contributed by atoms with E-state index in [-0.39, 0.29) is 35.1 Å². The van der Waals surface area contributed by atoms with E-state index in [9.17, 15) is 21.6 Å². The molecule has 2 saturated heterocycles. The Hall–Kier alpha value is -1.69. The number of benzene rings is 1. The molecule has 2 fully saturated rings. The van der Waals surface area contributed by atoms with Gasteiger partial charge < -0.3 is 10.1 Å². The molecule has 1 aromatic carbocycles. The second-order valence-corrected chi connectivity index (χ2v) is 12.4. The van der Waals surface area contributed by atoms with Crippen LogP contribution in [0.15, 0.2) is 29.2 Å². The van der Waals surface area contributed by atoms with E-state index in [2.05, 4.69) is 5.32 Å². The maximum absolute atomic E-state index is 12.9. The number of methoxy groups -OCH3 is 1. The fourth-order valence-electron chi connectivity index (χ4n) is 4.25. The molecule has 0 bridgehead atoms. The Bertz CT molecular complexity index is 987. The molecule has 0 aliphatic carbocycles. The number of amides is 1. The molecule has 2 aliphatic rings. The monoisotopic (exact) mass is 487 g/mol. The highest BCUT2D eigenvalue weighted by atomic mass is 32.2. The highest BCUT2D eigenvalue weighted by molar-refractivity contribution is 7.89. The summed E-state index contributed by atoms with van der Waals surface area (Å²) >= 11 is 0. The first-order valence-corrected chi connectivity index (χ1v) is 14.1. The van der Waals surface area contributed by atoms with E-state index in [4.69, 9.17) is 4.74 Å². The zero-order valence-corrected chi connectivity index (χ0v) is 20.3. The zero-order chi connectivity index (χ0) is 23.4. The van der Waals surface area contributed by atoms with Gasteiger partial charge in [-0.25, -0.2) is 21.1 Å². The van der Waals surface area contributed by atoms with E-state index in [1.165, 1.54) is 27.9 Å². The third-order valence-electron chi connectivity index (χ3n) is 6.11. The summed E-state index contributed by atoms with van der Waals surface area (Å²) in [4.78, 5) is 13.0. The van der Waals surface area contributed by atoms with Gasteiger partial charge in [0.2, 0.25) is 26.0 Å². The van der Waals surface area contributed by atoms with Gasteiger partial charge in [-0.1, -0.05) is 6.92 Å². The maximum Gasteiger partial charge on any atom is 0.243 e. The summed E-state index contributed by atoms with van der Waals surface area (Å²) in [6, 6.07) is 6.18. The molecular formula is C21H33N3O6S2. The number of carbonyl (C=O) groups is 1. The highest BCUT2D eigenvalue weighted by Crippen LogP contribution is 2.24. The fraction of sp³-hybridized carbons (Fsp3) is 0.667. The summed E-state index contributed by atoms with van der Waals surface area (Å²) in [5, 5.41) is 3.02. The molecule has 9 nitrogen and oxygen atoms in total. The van der Waals surface area contributed by atoms with Gasteiger partial charge in [-0.15, -0.1) is 0 Å². The molecule has 32 heavy (non-hydrogen) atoms. The molecule has 2 heterocycles. The second kappa shape index (κ2) is 10.5. The van der Waals surface area contributed by atoms with Crippen LogP contribution < -0.4 is 10.1 Å². The summed E-state index contributed by atoms with van der Waals surface area (Å²) in [5.41, 5.74) is 0. The molecule has 1 amide bonds. The van der Waals surface area contributed by atoms with Crippen LogP contribution in [0.3, 0.4) is 0 Å². The van der Waals surface area contributed by atoms with Gasteiger partial charge in [-0.05, 0) is 56.4 Å². The molecule has 0 aromatic heterocycles. The average molecular weight is 488 g/mol. The first-order valence-electron chi connectivity index (χ1n) is 11.1. The van der Waals surface area contributed by atoms with Crippen molar-refractivity contribution in [3.63, 3.8) is 0 Å². The van der Waals surface area contributed by atoms with Crippen LogP contribution in [0.4, 0.5) is 0 Å². The SMILES string of the molecule is CCCS(=O)(=O)N1CCCC(C(=O)NC2CCN(S(=O)(=O)c3ccc(OC)cc3)CC2)C1. The lowest BCUT2D eigenvalue weighted by molar-refractivity contribution is -0.127. The number of carbonyl (C=O) groups excluding carboxylic acids is 1. The number of rotatable bonds is 8. The third-order valence-corrected chi connectivity index (χ3v) is 10.1. The standard InChI is InChI=1S/C21H33N3O6S2/c1-3-15-31(26,27)24-12-4-5-17(16-24)21(25)22-18-10-13-23(14-11-18)32(28,29)20-8-6-19(30-2)7-9-20/h6-9,17-18H,3-5,10-16H2,1-2H3,(H,22,25). The summed E-state index contributed by atoms with van der Waals surface area (Å²) < 4.78 is 58.4. The number of ether oxygens (including phenoxy) is 1. The van der Waals surface area contributed by atoms with E-state index >= 15 is 0 Å². The van der Waals surface area contributed by atoms with E-state index in [0.717, 1.165) is 0 Å². The number of nitrogens with one attached hydrogen (secondary N) is 1. The van der Waals surface area contributed by atoms with Crippen molar-refractivity contribution >= 4 is 26.0 Å². The topological polar surface area (TPSA) is 113 Å². The Kier molecular flexibility index (Phi) is 8.18. The quantitative estimate of drug-likeness (QED) is 0.593. The third kappa shape index (κ3) is 5.81. The van der Waals surface area contributed by atoms with Crippen LogP contribution in [-0.2, 0) is 24.8 Å². The number of piperidine rings is 2. The van der Waals surface area contributed by atoms with Crippen LogP contribution in [0.5, 0.6) is 5.75 Å². The Morgan fingerprint density at radius 1 is 1.03 bits per heavy atom. The lowest BCUT2D eigenvalue weighted by atomic mass is 9.97. The molecule has 0 radical (unpaired) electrons. The van der Waals surface area contributed by atoms with Crippen LogP contribution in [0, 0.1) is 5.92 Å². The number of nitrogens with zero attached hydrogens (tertiary/aromatic N) is 2. The van der Waals surface area contributed by atoms with Crippen molar-refractivity contribution < 1.29 is 26.4 Å². The minimum absolute atomic E-state index is 0.0997. The molecule has 0 spiro atoms. The molecular weight excluding hydrogens is 454 g/mol. The van der Waals surface area contributed by atoms with Crippen molar-refractivity contribution in [2.75, 3.05) is 39.0 Å². The van der Waals surface area contributed by atoms with Crippen LogP contribution in [0.2, 0.25) is 0 Å². The van der Waals surface area contributed by atoms with Crippen LogP contribution >= 0.6 is 0 Å². The average Bonchev–Trinajstić information content (AvgIpc) is 2.79. The lowest BCUT2D eigenvalue weighted by Gasteiger charge is -2.34. The van der Waals surface area contributed by atoms with Crippen LogP contribution in [0.1, 0.15) is 39.0 Å². The Morgan fingerprint density at radius 2 is 1.69 bits per heavy atom. The molecule has 11 heteroatoms. The minimum Gasteiger partial charge on any atom is -0.497 e. The predicted molar refractivity (Wildman–Crippen MR) is 121 cm³/mol. The Morgan fingerprint density at radius 3 is 2.28 bits per heavy atom. The number of hydrogen-bond donors (Lipinski definition) is 1. The molecule has 1 aromatic rings. The fourth-order valence-corrected chi connectivity index (χ4v) is 7.31. The number of sulfonamides is 2. The Labute approximate surface area is 191 Å². The van der Waals surface area contributed by atoms with Crippen molar-refractivity contribution in [1.82, 2.24) is 13.9 Å². The first kappa shape index (κ1) is 24.9. The summed E-state index contributed by atoms with van der Waals surface area (Å²) in [6.07, 6.45) is 2.92. The highest BCUT2D eigenvalue weighted by Gasteiger charge is 2.34. The van der Waals surface area contributed by atoms with Gasteiger partial charge >= 0.3 is 0 Å². The molecule has 1 unspecified atom stereocenters. The van der Waals surface area contributed by atoms with Crippen molar-refractivity contribution in [3.8, 4) is 5.75 Å². The van der Waals surface area contributed by atoms with Gasteiger partial charge in [0.05, 0.1) is 23.7 Å². The van der Waals surface area contributed by atoms with E-state index in [0.29, 0.717) is 57.5 Å². The molecule has 180 valence electrons. The van der Waals surface area contributed by atoms with E-state index < -0.39 is 20.0 Å². The molecule has 1 atom stereocenters. The van der Waals surface area contributed by atoms with Gasteiger partial charge in [-0.3, -0.25) is 4.79 Å². The van der Waals surface area contributed by atoms with Crippen molar-refractivity contribution in [2.24, 2.45) is 5.92 Å². The smallest absolute Gasteiger partial charge is 0.243 e. The van der Waals surface area contributed by atoms with Crippen LogP contribution in [-0.4, -0.2) is 76.4 Å². The normalized spacial score (nSPS) is 21.9. The van der Waals surface area contributed by atoms with Gasteiger partial charge in [0.1, 0.15) is 5.75 Å². The molecule has 3 rings (SSSR count). The van der Waals surface area contributed by atoms with Crippen molar-refractivity contribution in [1.29, 1.82) is 0 Å².